The lowest BCUT2D eigenvalue weighted by atomic mass is 10.1. The number of benzene rings is 2. The first kappa shape index (κ1) is 20.7. The Morgan fingerprint density at radius 1 is 1.03 bits per heavy atom. The van der Waals surface area contributed by atoms with E-state index in [9.17, 15) is 9.59 Å². The molecular weight excluding hydrogens is 392 g/mol. The van der Waals surface area contributed by atoms with Crippen molar-refractivity contribution < 1.29 is 19.1 Å². The summed E-state index contributed by atoms with van der Waals surface area (Å²) in [4.78, 5) is 25.3. The van der Waals surface area contributed by atoms with Crippen LogP contribution < -0.4 is 19.9 Å². The summed E-state index contributed by atoms with van der Waals surface area (Å²) in [6.07, 6.45) is 1.50. The van der Waals surface area contributed by atoms with Gasteiger partial charge in [-0.1, -0.05) is 17.7 Å². The zero-order valence-electron chi connectivity index (χ0n) is 16.8. The number of amides is 2. The first-order valence-electron chi connectivity index (χ1n) is 9.39. The second-order valence-corrected chi connectivity index (χ2v) is 7.01. The molecule has 6 nitrogen and oxygen atoms in total. The zero-order valence-corrected chi connectivity index (χ0v) is 17.6. The first-order chi connectivity index (χ1) is 13.8. The molecule has 0 aromatic heterocycles. The van der Waals surface area contributed by atoms with Gasteiger partial charge in [0.1, 0.15) is 5.57 Å². The van der Waals surface area contributed by atoms with Gasteiger partial charge in [0.2, 0.25) is 0 Å². The standard InChI is InChI=1S/C22H23ClN2O4/c1-5-28-19-12-15(11-18(23)20(19)29-6-2)10-17-21(26)24-25(22(17)27)16-8-7-13(3)14(4)9-16/h7-12H,5-6H2,1-4H3,(H,24,26)/b17-10-. The Bertz CT molecular complexity index is 1000. The zero-order chi connectivity index (χ0) is 21.1. The van der Waals surface area contributed by atoms with E-state index < -0.39 is 11.8 Å². The van der Waals surface area contributed by atoms with Gasteiger partial charge in [-0.3, -0.25) is 15.0 Å². The second-order valence-electron chi connectivity index (χ2n) is 6.60. The number of anilines is 1. The monoisotopic (exact) mass is 414 g/mol. The Morgan fingerprint density at radius 2 is 1.76 bits per heavy atom. The second kappa shape index (κ2) is 8.57. The third kappa shape index (κ3) is 4.22. The first-order valence-corrected chi connectivity index (χ1v) is 9.77. The minimum atomic E-state index is -0.476. The van der Waals surface area contributed by atoms with E-state index in [2.05, 4.69) is 5.43 Å². The molecule has 0 radical (unpaired) electrons. The number of hydrazine groups is 1. The molecule has 0 spiro atoms. The summed E-state index contributed by atoms with van der Waals surface area (Å²) in [5.41, 5.74) is 5.94. The molecule has 0 bridgehead atoms. The van der Waals surface area contributed by atoms with Crippen molar-refractivity contribution in [2.75, 3.05) is 18.2 Å². The van der Waals surface area contributed by atoms with Crippen molar-refractivity contribution >= 4 is 35.2 Å². The van der Waals surface area contributed by atoms with Gasteiger partial charge in [0.15, 0.2) is 11.5 Å². The summed E-state index contributed by atoms with van der Waals surface area (Å²) in [7, 11) is 0. The van der Waals surface area contributed by atoms with Crippen molar-refractivity contribution in [3.05, 3.63) is 57.6 Å². The fourth-order valence-electron chi connectivity index (χ4n) is 2.99. The van der Waals surface area contributed by atoms with Crippen molar-refractivity contribution in [1.82, 2.24) is 5.43 Å². The molecular formula is C22H23ClN2O4. The van der Waals surface area contributed by atoms with Crippen LogP contribution in [-0.2, 0) is 9.59 Å². The average molecular weight is 415 g/mol. The van der Waals surface area contributed by atoms with Crippen LogP contribution in [0.1, 0.15) is 30.5 Å². The molecule has 2 amide bonds. The van der Waals surface area contributed by atoms with Gasteiger partial charge in [0.05, 0.1) is 23.9 Å². The molecule has 1 aliphatic heterocycles. The Morgan fingerprint density at radius 3 is 2.41 bits per heavy atom. The summed E-state index contributed by atoms with van der Waals surface area (Å²) >= 11 is 6.33. The van der Waals surface area contributed by atoms with E-state index in [0.29, 0.717) is 41.0 Å². The van der Waals surface area contributed by atoms with Crippen LogP contribution in [0.2, 0.25) is 5.02 Å². The number of halogens is 1. The average Bonchev–Trinajstić information content (AvgIpc) is 2.95. The quantitative estimate of drug-likeness (QED) is 0.567. The summed E-state index contributed by atoms with van der Waals surface area (Å²) < 4.78 is 11.2. The van der Waals surface area contributed by atoms with E-state index >= 15 is 0 Å². The van der Waals surface area contributed by atoms with E-state index in [1.165, 1.54) is 11.1 Å². The SMILES string of the molecule is CCOc1cc(/C=C2/C(=O)NN(c3ccc(C)c(C)c3)C2=O)cc(Cl)c1OCC. The van der Waals surface area contributed by atoms with Gasteiger partial charge in [0.25, 0.3) is 11.8 Å². The molecule has 2 aromatic rings. The summed E-state index contributed by atoms with van der Waals surface area (Å²) in [5, 5.41) is 1.60. The molecule has 1 N–H and O–H groups in total. The lowest BCUT2D eigenvalue weighted by molar-refractivity contribution is -0.117. The maximum atomic E-state index is 12.9. The molecule has 1 aliphatic rings. The highest BCUT2D eigenvalue weighted by Gasteiger charge is 2.34. The van der Waals surface area contributed by atoms with Crippen LogP contribution in [0.4, 0.5) is 5.69 Å². The minimum Gasteiger partial charge on any atom is -0.490 e. The van der Waals surface area contributed by atoms with Crippen LogP contribution >= 0.6 is 11.6 Å². The highest BCUT2D eigenvalue weighted by molar-refractivity contribution is 6.33. The number of rotatable bonds is 6. The number of nitrogens with one attached hydrogen (secondary N) is 1. The molecule has 152 valence electrons. The number of carbonyl (C=O) groups excluding carboxylic acids is 2. The van der Waals surface area contributed by atoms with Crippen LogP contribution in [-0.4, -0.2) is 25.0 Å². The van der Waals surface area contributed by atoms with Crippen LogP contribution in [0.5, 0.6) is 11.5 Å². The van der Waals surface area contributed by atoms with Gasteiger partial charge >= 0.3 is 0 Å². The molecule has 0 unspecified atom stereocenters. The van der Waals surface area contributed by atoms with Gasteiger partial charge in [-0.05, 0) is 74.7 Å². The maximum absolute atomic E-state index is 12.9. The number of ether oxygens (including phenoxy) is 2. The largest absolute Gasteiger partial charge is 0.490 e. The molecule has 1 heterocycles. The third-order valence-electron chi connectivity index (χ3n) is 4.57. The number of nitrogens with zero attached hydrogens (tertiary/aromatic N) is 1. The maximum Gasteiger partial charge on any atom is 0.282 e. The van der Waals surface area contributed by atoms with Crippen molar-refractivity contribution in [3.8, 4) is 11.5 Å². The number of hydrogen-bond donors (Lipinski definition) is 1. The van der Waals surface area contributed by atoms with Crippen LogP contribution in [0.3, 0.4) is 0 Å². The van der Waals surface area contributed by atoms with Crippen molar-refractivity contribution in [3.63, 3.8) is 0 Å². The Kier molecular flexibility index (Phi) is 6.13. The minimum absolute atomic E-state index is 0.0194. The Balaban J connectivity index is 1.96. The van der Waals surface area contributed by atoms with E-state index in [-0.39, 0.29) is 5.57 Å². The van der Waals surface area contributed by atoms with Crippen LogP contribution in [0, 0.1) is 13.8 Å². The highest BCUT2D eigenvalue weighted by Crippen LogP contribution is 2.37. The van der Waals surface area contributed by atoms with Crippen LogP contribution in [0.25, 0.3) is 6.08 Å². The van der Waals surface area contributed by atoms with Crippen molar-refractivity contribution in [2.45, 2.75) is 27.7 Å². The Hall–Kier alpha value is -2.99. The fourth-order valence-corrected chi connectivity index (χ4v) is 3.26. The van der Waals surface area contributed by atoms with Gasteiger partial charge in [-0.15, -0.1) is 0 Å². The van der Waals surface area contributed by atoms with E-state index in [1.807, 2.05) is 39.8 Å². The Labute approximate surface area is 175 Å². The van der Waals surface area contributed by atoms with E-state index in [4.69, 9.17) is 21.1 Å². The third-order valence-corrected chi connectivity index (χ3v) is 4.85. The molecule has 1 saturated heterocycles. The molecule has 2 aromatic carbocycles. The molecule has 0 saturated carbocycles. The predicted octanol–water partition coefficient (Wildman–Crippen LogP) is 4.22. The molecule has 0 aliphatic carbocycles. The predicted molar refractivity (Wildman–Crippen MR) is 113 cm³/mol. The van der Waals surface area contributed by atoms with Gasteiger partial charge in [-0.25, -0.2) is 5.01 Å². The highest BCUT2D eigenvalue weighted by atomic mass is 35.5. The number of hydrogen-bond acceptors (Lipinski definition) is 4. The number of aryl methyl sites for hydroxylation is 2. The summed E-state index contributed by atoms with van der Waals surface area (Å²) in [6, 6.07) is 8.90. The summed E-state index contributed by atoms with van der Waals surface area (Å²) in [6.45, 7) is 8.51. The molecule has 29 heavy (non-hydrogen) atoms. The van der Waals surface area contributed by atoms with Gasteiger partial charge < -0.3 is 9.47 Å². The van der Waals surface area contributed by atoms with E-state index in [1.54, 1.807) is 18.2 Å². The van der Waals surface area contributed by atoms with Gasteiger partial charge in [-0.2, -0.15) is 0 Å². The lowest BCUT2D eigenvalue weighted by Gasteiger charge is -2.16. The molecule has 1 fully saturated rings. The molecule has 0 atom stereocenters. The molecule has 7 heteroatoms. The van der Waals surface area contributed by atoms with Crippen LogP contribution in [0.15, 0.2) is 35.9 Å². The smallest absolute Gasteiger partial charge is 0.282 e. The molecule has 3 rings (SSSR count). The lowest BCUT2D eigenvalue weighted by Crippen LogP contribution is -2.35. The fraction of sp³-hybridized carbons (Fsp3) is 0.273. The van der Waals surface area contributed by atoms with Crippen molar-refractivity contribution in [2.24, 2.45) is 0 Å². The van der Waals surface area contributed by atoms with E-state index in [0.717, 1.165) is 11.1 Å². The van der Waals surface area contributed by atoms with Crippen molar-refractivity contribution in [1.29, 1.82) is 0 Å². The normalized spacial score (nSPS) is 15.1. The summed E-state index contributed by atoms with van der Waals surface area (Å²) in [5.74, 6) is 0.000101. The van der Waals surface area contributed by atoms with Gasteiger partial charge in [0, 0.05) is 0 Å². The number of carbonyl (C=O) groups is 2. The topological polar surface area (TPSA) is 67.9 Å².